The van der Waals surface area contributed by atoms with E-state index in [0.29, 0.717) is 5.33 Å². The summed E-state index contributed by atoms with van der Waals surface area (Å²) in [4.78, 5) is 0. The number of hydrogen-bond acceptors (Lipinski definition) is 2. The molecule has 0 aliphatic carbocycles. The lowest BCUT2D eigenvalue weighted by Crippen LogP contribution is -2.02. The zero-order valence-corrected chi connectivity index (χ0v) is 8.80. The molecule has 2 nitrogen and oxygen atoms in total. The molecule has 4 heteroatoms. The van der Waals surface area contributed by atoms with Gasteiger partial charge in [-0.15, -0.1) is 0 Å². The number of halogens is 2. The molecule has 0 atom stereocenters. The van der Waals surface area contributed by atoms with E-state index in [1.165, 1.54) is 13.2 Å². The van der Waals surface area contributed by atoms with Crippen molar-refractivity contribution in [2.45, 2.75) is 5.33 Å². The molecule has 0 aliphatic heterocycles. The average Bonchev–Trinajstić information content (AvgIpc) is 2.15. The molecule has 0 N–H and O–H groups in total. The summed E-state index contributed by atoms with van der Waals surface area (Å²) in [5.74, 6) is -0.116. The number of rotatable bonds is 4. The van der Waals surface area contributed by atoms with E-state index in [0.717, 1.165) is 5.56 Å². The Balaban J connectivity index is 2.87. The number of alkyl halides is 1. The maximum atomic E-state index is 13.2. The van der Waals surface area contributed by atoms with Crippen LogP contribution in [0.25, 0.3) is 0 Å². The normalized spacial score (nSPS) is 10.1. The minimum atomic E-state index is -0.367. The van der Waals surface area contributed by atoms with Crippen LogP contribution in [0.4, 0.5) is 4.39 Å². The quantitative estimate of drug-likeness (QED) is 0.603. The molecule has 0 fully saturated rings. The molecule has 0 unspecified atom stereocenters. The van der Waals surface area contributed by atoms with Crippen molar-refractivity contribution in [2.24, 2.45) is 0 Å². The maximum absolute atomic E-state index is 13.2. The van der Waals surface area contributed by atoms with Gasteiger partial charge in [0.15, 0.2) is 18.4 Å². The van der Waals surface area contributed by atoms with Crippen molar-refractivity contribution in [1.82, 2.24) is 0 Å². The molecular weight excluding hydrogens is 239 g/mol. The Morgan fingerprint density at radius 3 is 2.85 bits per heavy atom. The van der Waals surface area contributed by atoms with E-state index >= 15 is 0 Å². The molecule has 0 spiro atoms. The highest BCUT2D eigenvalue weighted by atomic mass is 79.9. The van der Waals surface area contributed by atoms with Crippen molar-refractivity contribution in [3.05, 3.63) is 29.6 Å². The van der Waals surface area contributed by atoms with Crippen LogP contribution in [0.15, 0.2) is 18.2 Å². The van der Waals surface area contributed by atoms with Gasteiger partial charge in [0, 0.05) is 18.0 Å². The smallest absolute Gasteiger partial charge is 0.188 e. The van der Waals surface area contributed by atoms with Crippen molar-refractivity contribution < 1.29 is 13.9 Å². The van der Waals surface area contributed by atoms with Crippen LogP contribution in [0.3, 0.4) is 0 Å². The van der Waals surface area contributed by atoms with Crippen molar-refractivity contribution in [1.29, 1.82) is 0 Å². The van der Waals surface area contributed by atoms with Gasteiger partial charge in [0.2, 0.25) is 0 Å². The second kappa shape index (κ2) is 5.19. The van der Waals surface area contributed by atoms with Gasteiger partial charge in [0.25, 0.3) is 0 Å². The molecule has 0 heterocycles. The van der Waals surface area contributed by atoms with Crippen molar-refractivity contribution >= 4 is 15.9 Å². The molecule has 13 heavy (non-hydrogen) atoms. The highest BCUT2D eigenvalue weighted by Crippen LogP contribution is 2.24. The maximum Gasteiger partial charge on any atom is 0.188 e. The van der Waals surface area contributed by atoms with Gasteiger partial charge in [0.05, 0.1) is 0 Å². The summed E-state index contributed by atoms with van der Waals surface area (Å²) in [6, 6.07) is 4.80. The molecular formula is C9H10BrFO2. The van der Waals surface area contributed by atoms with Gasteiger partial charge in [0.1, 0.15) is 0 Å². The largest absolute Gasteiger partial charge is 0.464 e. The molecule has 0 radical (unpaired) electrons. The zero-order chi connectivity index (χ0) is 9.68. The Bertz CT molecular complexity index is 278. The van der Waals surface area contributed by atoms with E-state index in [-0.39, 0.29) is 18.4 Å². The van der Waals surface area contributed by atoms with E-state index < -0.39 is 0 Å². The minimum absolute atomic E-state index is 0.0565. The third kappa shape index (κ3) is 2.67. The summed E-state index contributed by atoms with van der Waals surface area (Å²) in [6.45, 7) is 0.0565. The summed E-state index contributed by atoms with van der Waals surface area (Å²) >= 11 is 3.25. The third-order valence-electron chi connectivity index (χ3n) is 1.51. The SMILES string of the molecule is COCOc1c(F)cccc1CBr. The fourth-order valence-electron chi connectivity index (χ4n) is 0.938. The highest BCUT2D eigenvalue weighted by molar-refractivity contribution is 9.08. The van der Waals surface area contributed by atoms with Crippen molar-refractivity contribution in [2.75, 3.05) is 13.9 Å². The topological polar surface area (TPSA) is 18.5 Å². The Morgan fingerprint density at radius 2 is 2.23 bits per heavy atom. The van der Waals surface area contributed by atoms with Gasteiger partial charge < -0.3 is 9.47 Å². The monoisotopic (exact) mass is 248 g/mol. The summed E-state index contributed by atoms with van der Waals surface area (Å²) in [7, 11) is 1.49. The van der Waals surface area contributed by atoms with Crippen LogP contribution in [-0.4, -0.2) is 13.9 Å². The van der Waals surface area contributed by atoms with Gasteiger partial charge >= 0.3 is 0 Å². The predicted molar refractivity (Wildman–Crippen MR) is 51.5 cm³/mol. The van der Waals surface area contributed by atoms with Crippen LogP contribution >= 0.6 is 15.9 Å². The first-order chi connectivity index (χ1) is 6.29. The second-order valence-electron chi connectivity index (χ2n) is 2.41. The number of ether oxygens (including phenoxy) is 2. The van der Waals surface area contributed by atoms with E-state index in [9.17, 15) is 4.39 Å². The van der Waals surface area contributed by atoms with Crippen molar-refractivity contribution in [3.8, 4) is 5.75 Å². The van der Waals surface area contributed by atoms with Gasteiger partial charge in [-0.05, 0) is 6.07 Å². The van der Waals surface area contributed by atoms with Crippen LogP contribution in [0.2, 0.25) is 0 Å². The van der Waals surface area contributed by atoms with E-state index in [1.54, 1.807) is 12.1 Å². The molecule has 1 aromatic carbocycles. The lowest BCUT2D eigenvalue weighted by molar-refractivity contribution is 0.0477. The van der Waals surface area contributed by atoms with Gasteiger partial charge in [-0.1, -0.05) is 28.1 Å². The summed E-state index contributed by atoms with van der Waals surface area (Å²) in [5.41, 5.74) is 0.775. The third-order valence-corrected chi connectivity index (χ3v) is 2.12. The Labute approximate surface area is 84.8 Å². The number of para-hydroxylation sites is 1. The van der Waals surface area contributed by atoms with E-state index in [1.807, 2.05) is 0 Å². The Hall–Kier alpha value is -0.610. The lowest BCUT2D eigenvalue weighted by atomic mass is 10.2. The molecule has 0 amide bonds. The van der Waals surface area contributed by atoms with Gasteiger partial charge in [-0.2, -0.15) is 0 Å². The summed E-state index contributed by atoms with van der Waals surface area (Å²) in [5, 5.41) is 0.559. The molecule has 1 rings (SSSR count). The summed E-state index contributed by atoms with van der Waals surface area (Å²) in [6.07, 6.45) is 0. The number of methoxy groups -OCH3 is 1. The molecule has 0 saturated carbocycles. The van der Waals surface area contributed by atoms with Crippen LogP contribution in [0.1, 0.15) is 5.56 Å². The lowest BCUT2D eigenvalue weighted by Gasteiger charge is -2.09. The molecule has 1 aromatic rings. The first-order valence-electron chi connectivity index (χ1n) is 3.74. The fraction of sp³-hybridized carbons (Fsp3) is 0.333. The molecule has 0 saturated heterocycles. The highest BCUT2D eigenvalue weighted by Gasteiger charge is 2.07. The standard InChI is InChI=1S/C9H10BrFO2/c1-12-6-13-9-7(5-10)3-2-4-8(9)11/h2-4H,5-6H2,1H3. The number of hydrogen-bond donors (Lipinski definition) is 0. The molecule has 72 valence electrons. The zero-order valence-electron chi connectivity index (χ0n) is 7.22. The van der Waals surface area contributed by atoms with E-state index in [2.05, 4.69) is 15.9 Å². The fourth-order valence-corrected chi connectivity index (χ4v) is 1.38. The van der Waals surface area contributed by atoms with Crippen LogP contribution in [0, 0.1) is 5.82 Å². The Kier molecular flexibility index (Phi) is 4.18. The van der Waals surface area contributed by atoms with Crippen LogP contribution in [0.5, 0.6) is 5.75 Å². The number of benzene rings is 1. The predicted octanol–water partition coefficient (Wildman–Crippen LogP) is 2.70. The second-order valence-corrected chi connectivity index (χ2v) is 2.97. The van der Waals surface area contributed by atoms with Crippen molar-refractivity contribution in [3.63, 3.8) is 0 Å². The van der Waals surface area contributed by atoms with Gasteiger partial charge in [-0.3, -0.25) is 0 Å². The Morgan fingerprint density at radius 1 is 1.46 bits per heavy atom. The molecule has 0 aromatic heterocycles. The van der Waals surface area contributed by atoms with Gasteiger partial charge in [-0.25, -0.2) is 4.39 Å². The first-order valence-corrected chi connectivity index (χ1v) is 4.87. The average molecular weight is 249 g/mol. The summed E-state index contributed by atoms with van der Waals surface area (Å²) < 4.78 is 22.9. The van der Waals surface area contributed by atoms with E-state index in [4.69, 9.17) is 9.47 Å². The minimum Gasteiger partial charge on any atom is -0.464 e. The first kappa shape index (κ1) is 10.5. The molecule has 0 bridgehead atoms. The van der Waals surface area contributed by atoms with Crippen LogP contribution in [-0.2, 0) is 10.1 Å². The molecule has 0 aliphatic rings. The van der Waals surface area contributed by atoms with Crippen LogP contribution < -0.4 is 4.74 Å².